The van der Waals surface area contributed by atoms with Crippen molar-refractivity contribution >= 4 is 36.6 Å². The molecule has 1 aliphatic carbocycles. The van der Waals surface area contributed by atoms with Crippen LogP contribution in [-0.2, 0) is 9.59 Å². The van der Waals surface area contributed by atoms with E-state index in [0.717, 1.165) is 57.9 Å². The summed E-state index contributed by atoms with van der Waals surface area (Å²) in [5.74, 6) is 1.14. The van der Waals surface area contributed by atoms with Crippen LogP contribution in [-0.4, -0.2) is 73.0 Å². The van der Waals surface area contributed by atoms with Crippen molar-refractivity contribution in [3.05, 3.63) is 0 Å². The number of amides is 2. The molecule has 2 amide bonds. The summed E-state index contributed by atoms with van der Waals surface area (Å²) in [7, 11) is 0. The van der Waals surface area contributed by atoms with E-state index in [1.807, 2.05) is 4.90 Å². The fourth-order valence-corrected chi connectivity index (χ4v) is 4.47. The lowest BCUT2D eigenvalue weighted by atomic mass is 9.87. The average molecular weight is 423 g/mol. The molecular weight excluding hydrogens is 387 g/mol. The van der Waals surface area contributed by atoms with Crippen molar-refractivity contribution in [2.75, 3.05) is 39.3 Å². The summed E-state index contributed by atoms with van der Waals surface area (Å²) in [6.45, 7) is 6.89. The topological polar surface area (TPSA) is 64.7 Å². The minimum Gasteiger partial charge on any atom is -0.352 e. The van der Waals surface area contributed by atoms with Crippen molar-refractivity contribution in [3.63, 3.8) is 0 Å². The third-order valence-electron chi connectivity index (χ3n) is 5.98. The summed E-state index contributed by atoms with van der Waals surface area (Å²) >= 11 is 0. The van der Waals surface area contributed by atoms with Gasteiger partial charge >= 0.3 is 0 Å². The van der Waals surface area contributed by atoms with E-state index in [9.17, 15) is 9.59 Å². The number of piperazine rings is 1. The van der Waals surface area contributed by atoms with Crippen molar-refractivity contribution < 1.29 is 9.59 Å². The predicted octanol–water partition coefficient (Wildman–Crippen LogP) is 1.81. The number of rotatable bonds is 5. The maximum absolute atomic E-state index is 12.4. The fraction of sp³-hybridized carbons (Fsp3) is 0.895. The monoisotopic (exact) mass is 422 g/mol. The minimum atomic E-state index is 0. The number of nitrogens with zero attached hydrogens (tertiary/aromatic N) is 2. The maximum Gasteiger partial charge on any atom is 0.234 e. The highest BCUT2D eigenvalue weighted by molar-refractivity contribution is 5.85. The second-order valence-corrected chi connectivity index (χ2v) is 8.19. The van der Waals surface area contributed by atoms with Gasteiger partial charge in [-0.15, -0.1) is 24.8 Å². The quantitative estimate of drug-likeness (QED) is 0.708. The van der Waals surface area contributed by atoms with E-state index in [-0.39, 0.29) is 36.6 Å². The lowest BCUT2D eigenvalue weighted by Crippen LogP contribution is -2.52. The zero-order valence-electron chi connectivity index (χ0n) is 16.5. The largest absolute Gasteiger partial charge is 0.352 e. The molecule has 0 radical (unpaired) electrons. The number of hydrogen-bond acceptors (Lipinski definition) is 4. The first-order chi connectivity index (χ1) is 12.1. The lowest BCUT2D eigenvalue weighted by molar-refractivity contribution is -0.133. The summed E-state index contributed by atoms with van der Waals surface area (Å²) in [6.07, 6.45) is 7.67. The molecule has 0 aromatic heterocycles. The Morgan fingerprint density at radius 1 is 1.04 bits per heavy atom. The zero-order valence-corrected chi connectivity index (χ0v) is 18.1. The van der Waals surface area contributed by atoms with Gasteiger partial charge in [-0.1, -0.05) is 19.8 Å². The van der Waals surface area contributed by atoms with Crippen LogP contribution in [0, 0.1) is 5.92 Å². The van der Waals surface area contributed by atoms with E-state index in [2.05, 4.69) is 22.5 Å². The number of hydrogen-bond donors (Lipinski definition) is 2. The fourth-order valence-electron chi connectivity index (χ4n) is 4.47. The molecule has 6 nitrogen and oxygen atoms in total. The molecule has 0 aromatic carbocycles. The minimum absolute atomic E-state index is 0. The van der Waals surface area contributed by atoms with Gasteiger partial charge in [0.1, 0.15) is 0 Å². The van der Waals surface area contributed by atoms with Crippen LogP contribution in [0.1, 0.15) is 51.9 Å². The predicted molar refractivity (Wildman–Crippen MR) is 113 cm³/mol. The van der Waals surface area contributed by atoms with Gasteiger partial charge in [0.2, 0.25) is 11.8 Å². The van der Waals surface area contributed by atoms with E-state index in [0.29, 0.717) is 25.0 Å². The van der Waals surface area contributed by atoms with E-state index >= 15 is 0 Å². The molecule has 2 saturated heterocycles. The van der Waals surface area contributed by atoms with Crippen LogP contribution in [0.3, 0.4) is 0 Å². The third kappa shape index (κ3) is 7.76. The molecule has 3 rings (SSSR count). The van der Waals surface area contributed by atoms with Crippen LogP contribution in [0.25, 0.3) is 0 Å². The number of nitrogens with one attached hydrogen (secondary N) is 2. The summed E-state index contributed by atoms with van der Waals surface area (Å²) in [5, 5.41) is 6.60. The standard InChI is InChI=1S/C19H34N4O2.2ClH/c1-15-4-2-5-17(12-15)21-18(24)14-22-8-10-23(11-9-22)19(25)13-16-6-3-7-20-16;;/h15-17,20H,2-14H2,1H3,(H,21,24);2*1H. The third-order valence-corrected chi connectivity index (χ3v) is 5.98. The van der Waals surface area contributed by atoms with E-state index in [1.54, 1.807) is 0 Å². The second kappa shape index (κ2) is 12.1. The average Bonchev–Trinajstić information content (AvgIpc) is 3.08. The maximum atomic E-state index is 12.4. The molecule has 3 unspecified atom stereocenters. The lowest BCUT2D eigenvalue weighted by Gasteiger charge is -2.35. The molecule has 27 heavy (non-hydrogen) atoms. The van der Waals surface area contributed by atoms with Gasteiger partial charge in [-0.25, -0.2) is 0 Å². The Morgan fingerprint density at radius 3 is 2.41 bits per heavy atom. The first-order valence-electron chi connectivity index (χ1n) is 10.1. The molecule has 3 aliphatic rings. The highest BCUT2D eigenvalue weighted by Crippen LogP contribution is 2.23. The summed E-state index contributed by atoms with van der Waals surface area (Å²) in [5.41, 5.74) is 0. The molecule has 0 spiro atoms. The Labute approximate surface area is 176 Å². The van der Waals surface area contributed by atoms with Crippen molar-refractivity contribution in [2.24, 2.45) is 5.92 Å². The first-order valence-corrected chi connectivity index (χ1v) is 10.1. The van der Waals surface area contributed by atoms with Crippen molar-refractivity contribution in [1.29, 1.82) is 0 Å². The number of carbonyl (C=O) groups is 2. The highest BCUT2D eigenvalue weighted by atomic mass is 35.5. The molecule has 0 bridgehead atoms. The van der Waals surface area contributed by atoms with Gasteiger partial charge in [0, 0.05) is 44.7 Å². The van der Waals surface area contributed by atoms with Gasteiger partial charge in [-0.05, 0) is 38.1 Å². The van der Waals surface area contributed by atoms with Gasteiger partial charge in [-0.3, -0.25) is 14.5 Å². The Bertz CT molecular complexity index is 467. The molecule has 8 heteroatoms. The normalized spacial score (nSPS) is 28.8. The van der Waals surface area contributed by atoms with Crippen LogP contribution in [0.4, 0.5) is 0 Å². The van der Waals surface area contributed by atoms with Crippen LogP contribution in [0.2, 0.25) is 0 Å². The van der Waals surface area contributed by atoms with E-state index in [1.165, 1.54) is 19.3 Å². The van der Waals surface area contributed by atoms with Gasteiger partial charge in [-0.2, -0.15) is 0 Å². The number of carbonyl (C=O) groups excluding carboxylic acids is 2. The van der Waals surface area contributed by atoms with Gasteiger partial charge in [0.05, 0.1) is 6.54 Å². The van der Waals surface area contributed by atoms with E-state index < -0.39 is 0 Å². The zero-order chi connectivity index (χ0) is 17.6. The van der Waals surface area contributed by atoms with Gasteiger partial charge < -0.3 is 15.5 Å². The first kappa shape index (κ1) is 24.5. The Hall–Kier alpha value is -0.560. The van der Waals surface area contributed by atoms with Crippen LogP contribution in [0.5, 0.6) is 0 Å². The molecule has 3 fully saturated rings. The summed E-state index contributed by atoms with van der Waals surface area (Å²) in [6, 6.07) is 0.729. The molecule has 0 aromatic rings. The smallest absolute Gasteiger partial charge is 0.234 e. The molecule has 2 N–H and O–H groups in total. The van der Waals surface area contributed by atoms with Gasteiger partial charge in [0.25, 0.3) is 0 Å². The van der Waals surface area contributed by atoms with Crippen LogP contribution >= 0.6 is 24.8 Å². The van der Waals surface area contributed by atoms with Crippen molar-refractivity contribution in [1.82, 2.24) is 20.4 Å². The van der Waals surface area contributed by atoms with Crippen molar-refractivity contribution in [3.8, 4) is 0 Å². The summed E-state index contributed by atoms with van der Waals surface area (Å²) in [4.78, 5) is 28.8. The molecule has 3 atom stereocenters. The SMILES string of the molecule is CC1CCCC(NC(=O)CN2CCN(C(=O)CC3CCCN3)CC2)C1.Cl.Cl. The highest BCUT2D eigenvalue weighted by Gasteiger charge is 2.26. The van der Waals surface area contributed by atoms with E-state index in [4.69, 9.17) is 0 Å². The Kier molecular flexibility index (Phi) is 11.0. The van der Waals surface area contributed by atoms with Gasteiger partial charge in [0.15, 0.2) is 0 Å². The summed E-state index contributed by atoms with van der Waals surface area (Å²) < 4.78 is 0. The molecule has 2 heterocycles. The molecule has 158 valence electrons. The Balaban J connectivity index is 0.00000182. The number of halogens is 2. The van der Waals surface area contributed by atoms with Crippen molar-refractivity contribution in [2.45, 2.75) is 64.0 Å². The molecular formula is C19H36Cl2N4O2. The Morgan fingerprint density at radius 2 is 1.78 bits per heavy atom. The molecule has 2 aliphatic heterocycles. The van der Waals surface area contributed by atoms with Crippen LogP contribution < -0.4 is 10.6 Å². The second-order valence-electron chi connectivity index (χ2n) is 8.19. The molecule has 1 saturated carbocycles. The van der Waals surface area contributed by atoms with Crippen LogP contribution in [0.15, 0.2) is 0 Å².